The van der Waals surface area contributed by atoms with Gasteiger partial charge in [0.25, 0.3) is 5.91 Å². The first-order chi connectivity index (χ1) is 18.6. The second kappa shape index (κ2) is 10.2. The molecule has 200 valence electrons. The van der Waals surface area contributed by atoms with E-state index in [1.807, 2.05) is 0 Å². The number of hydrogen-bond donors (Lipinski definition) is 2. The van der Waals surface area contributed by atoms with Gasteiger partial charge in [0.1, 0.15) is 11.6 Å². The molecule has 2 amide bonds. The summed E-state index contributed by atoms with van der Waals surface area (Å²) in [7, 11) is 0. The molecule has 0 saturated carbocycles. The normalized spacial score (nSPS) is 17.7. The number of carbonyl (C=O) groups is 3. The highest BCUT2D eigenvalue weighted by molar-refractivity contribution is 6.04. The molecule has 2 heterocycles. The third-order valence-corrected chi connectivity index (χ3v) is 6.46. The van der Waals surface area contributed by atoms with Gasteiger partial charge in [-0.15, -0.1) is 5.06 Å². The molecule has 39 heavy (non-hydrogen) atoms. The quantitative estimate of drug-likeness (QED) is 0.385. The Balaban J connectivity index is 1.33. The van der Waals surface area contributed by atoms with E-state index in [2.05, 4.69) is 15.3 Å². The molecule has 2 unspecified atom stereocenters. The summed E-state index contributed by atoms with van der Waals surface area (Å²) in [5.74, 6) is -3.92. The fourth-order valence-corrected chi connectivity index (χ4v) is 4.57. The van der Waals surface area contributed by atoms with Crippen LogP contribution in [0.25, 0.3) is 16.6 Å². The van der Waals surface area contributed by atoms with Gasteiger partial charge in [0.2, 0.25) is 5.91 Å². The molecule has 1 fully saturated rings. The Morgan fingerprint density at radius 1 is 0.974 bits per heavy atom. The Morgan fingerprint density at radius 2 is 1.69 bits per heavy atom. The molecule has 12 heteroatoms. The first kappa shape index (κ1) is 25.9. The predicted octanol–water partition coefficient (Wildman–Crippen LogP) is 3.94. The van der Waals surface area contributed by atoms with Crippen LogP contribution in [-0.4, -0.2) is 51.4 Å². The molecule has 0 spiro atoms. The lowest BCUT2D eigenvalue weighted by atomic mass is 9.96. The molecular weight excluding hydrogens is 515 g/mol. The number of fused-ring (bicyclic) bond motifs is 1. The lowest BCUT2D eigenvalue weighted by Crippen LogP contribution is -2.43. The fourth-order valence-electron chi connectivity index (χ4n) is 4.57. The molecule has 0 aliphatic carbocycles. The molecule has 0 bridgehead atoms. The summed E-state index contributed by atoms with van der Waals surface area (Å²) in [6.07, 6.45) is -3.32. The van der Waals surface area contributed by atoms with Crippen molar-refractivity contribution in [3.63, 3.8) is 0 Å². The molecule has 3 aromatic carbocycles. The molecular formula is C27H22F3N5O4. The first-order valence-corrected chi connectivity index (χ1v) is 11.9. The van der Waals surface area contributed by atoms with Crippen molar-refractivity contribution in [1.82, 2.24) is 14.8 Å². The van der Waals surface area contributed by atoms with Gasteiger partial charge in [-0.1, -0.05) is 42.5 Å². The Bertz CT molecular complexity index is 1540. The summed E-state index contributed by atoms with van der Waals surface area (Å²) >= 11 is 0. The molecule has 1 aromatic heterocycles. The number of nitrogens with zero attached hydrogens (tertiary/aromatic N) is 3. The molecule has 5 rings (SSSR count). The number of nitrogens with two attached hydrogens (primary N) is 1. The summed E-state index contributed by atoms with van der Waals surface area (Å²) in [4.78, 5) is 40.9. The summed E-state index contributed by atoms with van der Waals surface area (Å²) < 4.78 is 40.2. The van der Waals surface area contributed by atoms with E-state index in [1.165, 1.54) is 0 Å². The van der Waals surface area contributed by atoms with Crippen molar-refractivity contribution >= 4 is 34.4 Å². The Hall–Kier alpha value is -4.71. The van der Waals surface area contributed by atoms with Gasteiger partial charge in [0.05, 0.1) is 11.3 Å². The van der Waals surface area contributed by atoms with E-state index in [-0.39, 0.29) is 24.4 Å². The standard InChI is InChI=1S/C27H22F3N5O4/c28-27(29,30)26(38)39-35-15-18(16-5-2-1-3-6-16)13-22(35)25(37)32-19-9-11-20(12-10-19)34-14-17-7-4-8-21(24(31)36)23(17)33-34/h1-12,14,18,22H,13,15H2,(H2,31,36)(H,32,37). The zero-order chi connectivity index (χ0) is 27.7. The highest BCUT2D eigenvalue weighted by Crippen LogP contribution is 2.34. The van der Waals surface area contributed by atoms with E-state index in [0.29, 0.717) is 22.3 Å². The van der Waals surface area contributed by atoms with E-state index in [4.69, 9.17) is 5.73 Å². The largest absolute Gasteiger partial charge is 0.492 e. The third kappa shape index (κ3) is 5.46. The topological polar surface area (TPSA) is 120 Å². The van der Waals surface area contributed by atoms with Crippen LogP contribution in [0.15, 0.2) is 79.0 Å². The Morgan fingerprint density at radius 3 is 2.36 bits per heavy atom. The molecule has 1 saturated heterocycles. The molecule has 3 N–H and O–H groups in total. The number of hydroxylamine groups is 2. The van der Waals surface area contributed by atoms with E-state index < -0.39 is 30.0 Å². The van der Waals surface area contributed by atoms with Crippen LogP contribution in [0, 0.1) is 0 Å². The van der Waals surface area contributed by atoms with Gasteiger partial charge in [0.15, 0.2) is 0 Å². The van der Waals surface area contributed by atoms with Gasteiger partial charge in [-0.3, -0.25) is 9.59 Å². The van der Waals surface area contributed by atoms with E-state index in [0.717, 1.165) is 10.6 Å². The van der Waals surface area contributed by atoms with Crippen molar-refractivity contribution in [2.75, 3.05) is 11.9 Å². The van der Waals surface area contributed by atoms with Gasteiger partial charge < -0.3 is 15.9 Å². The second-order valence-electron chi connectivity index (χ2n) is 9.05. The number of alkyl halides is 3. The van der Waals surface area contributed by atoms with Gasteiger partial charge >= 0.3 is 12.1 Å². The van der Waals surface area contributed by atoms with Gasteiger partial charge in [0, 0.05) is 29.7 Å². The maximum Gasteiger partial charge on any atom is 0.492 e. The number of aromatic nitrogens is 2. The third-order valence-electron chi connectivity index (χ3n) is 6.46. The van der Waals surface area contributed by atoms with Crippen LogP contribution in [0.5, 0.6) is 0 Å². The lowest BCUT2D eigenvalue weighted by Gasteiger charge is -2.22. The number of amides is 2. The van der Waals surface area contributed by atoms with Crippen LogP contribution in [0.1, 0.15) is 28.3 Å². The molecule has 1 aliphatic heterocycles. The van der Waals surface area contributed by atoms with Crippen LogP contribution in [-0.2, 0) is 14.4 Å². The number of primary amides is 1. The van der Waals surface area contributed by atoms with Crippen molar-refractivity contribution in [2.24, 2.45) is 5.73 Å². The van der Waals surface area contributed by atoms with Crippen molar-refractivity contribution in [3.8, 4) is 5.69 Å². The maximum absolute atomic E-state index is 13.1. The van der Waals surface area contributed by atoms with Gasteiger partial charge in [-0.2, -0.15) is 18.3 Å². The molecule has 0 radical (unpaired) electrons. The van der Waals surface area contributed by atoms with Crippen LogP contribution in [0.2, 0.25) is 0 Å². The number of carbonyl (C=O) groups excluding carboxylic acids is 3. The van der Waals surface area contributed by atoms with Crippen LogP contribution >= 0.6 is 0 Å². The van der Waals surface area contributed by atoms with Crippen molar-refractivity contribution < 1.29 is 32.4 Å². The van der Waals surface area contributed by atoms with E-state index in [1.54, 1.807) is 83.7 Å². The van der Waals surface area contributed by atoms with Crippen molar-refractivity contribution in [3.05, 3.63) is 90.1 Å². The van der Waals surface area contributed by atoms with Crippen molar-refractivity contribution in [2.45, 2.75) is 24.6 Å². The average Bonchev–Trinajstić information content (AvgIpc) is 3.53. The molecule has 4 aromatic rings. The number of benzene rings is 3. The van der Waals surface area contributed by atoms with Gasteiger partial charge in [-0.05, 0) is 42.3 Å². The fraction of sp³-hybridized carbons (Fsp3) is 0.185. The Labute approximate surface area is 219 Å². The number of halogens is 3. The zero-order valence-electron chi connectivity index (χ0n) is 20.3. The SMILES string of the molecule is NC(=O)c1cccc2cn(-c3ccc(NC(=O)C4CC(c5ccccc5)CN4OC(=O)C(F)(F)F)cc3)nc12. The van der Waals surface area contributed by atoms with Crippen LogP contribution < -0.4 is 11.1 Å². The van der Waals surface area contributed by atoms with E-state index in [9.17, 15) is 27.6 Å². The molecule has 1 aliphatic rings. The van der Waals surface area contributed by atoms with E-state index >= 15 is 0 Å². The minimum Gasteiger partial charge on any atom is -0.366 e. The molecule has 2 atom stereocenters. The summed E-state index contributed by atoms with van der Waals surface area (Å²) in [5, 5.41) is 8.63. The van der Waals surface area contributed by atoms with Gasteiger partial charge in [-0.25, -0.2) is 9.48 Å². The van der Waals surface area contributed by atoms with Crippen LogP contribution in [0.4, 0.5) is 18.9 Å². The summed E-state index contributed by atoms with van der Waals surface area (Å²) in [6, 6.07) is 19.5. The summed E-state index contributed by atoms with van der Waals surface area (Å²) in [5.41, 5.74) is 7.99. The molecule has 9 nitrogen and oxygen atoms in total. The number of nitrogens with one attached hydrogen (secondary N) is 1. The number of hydrogen-bond acceptors (Lipinski definition) is 6. The average molecular weight is 537 g/mol. The lowest BCUT2D eigenvalue weighted by molar-refractivity contribution is -0.240. The smallest absolute Gasteiger partial charge is 0.366 e. The first-order valence-electron chi connectivity index (χ1n) is 11.9. The Kier molecular flexibility index (Phi) is 6.79. The zero-order valence-corrected chi connectivity index (χ0v) is 20.3. The summed E-state index contributed by atoms with van der Waals surface area (Å²) in [6.45, 7) is -0.0665. The highest BCUT2D eigenvalue weighted by Gasteiger charge is 2.47. The minimum atomic E-state index is -5.20. The highest BCUT2D eigenvalue weighted by atomic mass is 19.4. The van der Waals surface area contributed by atoms with Crippen LogP contribution in [0.3, 0.4) is 0 Å². The predicted molar refractivity (Wildman–Crippen MR) is 135 cm³/mol. The second-order valence-corrected chi connectivity index (χ2v) is 9.05. The monoisotopic (exact) mass is 537 g/mol. The van der Waals surface area contributed by atoms with Crippen molar-refractivity contribution in [1.29, 1.82) is 0 Å². The maximum atomic E-state index is 13.1. The minimum absolute atomic E-state index is 0.0665. The number of anilines is 1. The number of rotatable bonds is 6.